The number of aliphatic hydroxyl groups is 2. The second-order valence-corrected chi connectivity index (χ2v) is 11.6. The fraction of sp³-hybridized carbons (Fsp3) is 0.387. The van der Waals surface area contributed by atoms with Gasteiger partial charge in [-0.15, -0.1) is 0 Å². The van der Waals surface area contributed by atoms with E-state index in [1.807, 2.05) is 55.4 Å². The Morgan fingerprint density at radius 3 is 2.37 bits per heavy atom. The van der Waals surface area contributed by atoms with Gasteiger partial charge in [0.05, 0.1) is 11.1 Å². The molecule has 0 radical (unpaired) electrons. The first kappa shape index (κ1) is 28.4. The zero-order valence-corrected chi connectivity index (χ0v) is 23.9. The fourth-order valence-corrected chi connectivity index (χ4v) is 7.02. The van der Waals surface area contributed by atoms with Crippen molar-refractivity contribution in [2.75, 3.05) is 38.4 Å². The van der Waals surface area contributed by atoms with E-state index in [9.17, 15) is 29.7 Å². The predicted molar refractivity (Wildman–Crippen MR) is 155 cm³/mol. The number of hydrogen-bond donors (Lipinski definition) is 5. The van der Waals surface area contributed by atoms with E-state index in [1.165, 1.54) is 0 Å². The number of ketones is 2. The number of anilines is 2. The van der Waals surface area contributed by atoms with Crippen LogP contribution in [0, 0.1) is 11.8 Å². The molecule has 4 atom stereocenters. The van der Waals surface area contributed by atoms with Crippen LogP contribution in [0.25, 0.3) is 0 Å². The number of nitrogens with one attached hydrogen (secondary N) is 1. The molecule has 0 saturated heterocycles. The van der Waals surface area contributed by atoms with Gasteiger partial charge < -0.3 is 36.2 Å². The van der Waals surface area contributed by atoms with Crippen molar-refractivity contribution in [1.82, 2.24) is 4.90 Å². The van der Waals surface area contributed by atoms with Crippen molar-refractivity contribution in [1.29, 1.82) is 0 Å². The van der Waals surface area contributed by atoms with Crippen LogP contribution in [0.4, 0.5) is 11.4 Å². The number of para-hydroxylation sites is 1. The Morgan fingerprint density at radius 1 is 1.12 bits per heavy atom. The first-order valence-electron chi connectivity index (χ1n) is 13.6. The quantitative estimate of drug-likeness (QED) is 0.335. The number of hydrogen-bond acceptors (Lipinski definition) is 9. The lowest BCUT2D eigenvalue weighted by Crippen LogP contribution is -2.63. The van der Waals surface area contributed by atoms with Crippen molar-refractivity contribution in [2.24, 2.45) is 17.6 Å². The van der Waals surface area contributed by atoms with E-state index in [2.05, 4.69) is 5.32 Å². The van der Waals surface area contributed by atoms with E-state index in [0.29, 0.717) is 23.1 Å². The molecule has 5 rings (SSSR count). The number of carbonyl (C=O) groups is 3. The molecule has 10 nitrogen and oxygen atoms in total. The summed E-state index contributed by atoms with van der Waals surface area (Å²) in [5, 5.41) is 38.1. The molecule has 0 aliphatic heterocycles. The highest BCUT2D eigenvalue weighted by molar-refractivity contribution is 6.25. The molecule has 0 bridgehead atoms. The number of nitrogens with two attached hydrogens (primary N) is 1. The van der Waals surface area contributed by atoms with Crippen LogP contribution in [-0.2, 0) is 22.6 Å². The lowest BCUT2D eigenvalue weighted by atomic mass is 9.57. The molecular weight excluding hydrogens is 524 g/mol. The number of phenols is 1. The number of nitrogens with zero attached hydrogens (tertiary/aromatic N) is 2. The van der Waals surface area contributed by atoms with E-state index in [-0.39, 0.29) is 35.4 Å². The molecule has 0 spiro atoms. The Bertz CT molecular complexity index is 1530. The molecule has 1 amide bonds. The van der Waals surface area contributed by atoms with Gasteiger partial charge in [-0.2, -0.15) is 0 Å². The number of aliphatic hydroxyl groups excluding tert-OH is 1. The van der Waals surface area contributed by atoms with Crippen LogP contribution in [-0.4, -0.2) is 77.5 Å². The number of amides is 1. The number of phenolic OH excluding ortho intramolecular Hbond substituents is 1. The maximum atomic E-state index is 14.1. The summed E-state index contributed by atoms with van der Waals surface area (Å²) in [5.74, 6) is -5.00. The number of fused-ring (bicyclic) bond motifs is 3. The topological polar surface area (TPSA) is 156 Å². The maximum Gasteiger partial charge on any atom is 0.252 e. The van der Waals surface area contributed by atoms with E-state index < -0.39 is 46.7 Å². The van der Waals surface area contributed by atoms with Gasteiger partial charge in [-0.1, -0.05) is 18.2 Å². The highest BCUT2D eigenvalue weighted by atomic mass is 16.3. The molecule has 1 unspecified atom stereocenters. The van der Waals surface area contributed by atoms with Crippen LogP contribution < -0.4 is 16.0 Å². The van der Waals surface area contributed by atoms with Gasteiger partial charge in [-0.25, -0.2) is 0 Å². The van der Waals surface area contributed by atoms with Crippen LogP contribution in [0.3, 0.4) is 0 Å². The Balaban J connectivity index is 1.66. The monoisotopic (exact) mass is 560 g/mol. The first-order chi connectivity index (χ1) is 19.3. The van der Waals surface area contributed by atoms with Crippen molar-refractivity contribution in [3.63, 3.8) is 0 Å². The van der Waals surface area contributed by atoms with Gasteiger partial charge in [0.1, 0.15) is 11.5 Å². The van der Waals surface area contributed by atoms with Crippen molar-refractivity contribution in [3.8, 4) is 5.75 Å². The number of rotatable bonds is 6. The average molecular weight is 561 g/mol. The van der Waals surface area contributed by atoms with Crippen LogP contribution in [0.2, 0.25) is 0 Å². The van der Waals surface area contributed by atoms with Gasteiger partial charge in [0.15, 0.2) is 11.4 Å². The summed E-state index contributed by atoms with van der Waals surface area (Å²) < 4.78 is 0. The normalized spacial score (nSPS) is 25.6. The third-order valence-corrected chi connectivity index (χ3v) is 8.82. The maximum absolute atomic E-state index is 14.1. The number of allylic oxidation sites excluding steroid dienone is 1. The number of carbonyl (C=O) groups excluding carboxylic acids is 3. The number of likely N-dealkylation sites (N-methyl/N-ethyl adjacent to an activating group) is 1. The molecule has 2 aromatic carbocycles. The minimum absolute atomic E-state index is 0.0372. The van der Waals surface area contributed by atoms with Crippen molar-refractivity contribution in [3.05, 3.63) is 75.6 Å². The molecule has 0 aromatic heterocycles. The Morgan fingerprint density at radius 2 is 1.78 bits per heavy atom. The molecule has 0 heterocycles. The Labute approximate surface area is 238 Å². The third kappa shape index (κ3) is 4.20. The molecule has 3 aliphatic rings. The largest absolute Gasteiger partial charge is 0.508 e. The fourth-order valence-electron chi connectivity index (χ4n) is 7.02. The molecule has 3 aliphatic carbocycles. The molecule has 0 fully saturated rings. The summed E-state index contributed by atoms with van der Waals surface area (Å²) in [5.41, 5.74) is 5.73. The first-order valence-corrected chi connectivity index (χ1v) is 13.6. The predicted octanol–water partition coefficient (Wildman–Crippen LogP) is 2.30. The number of Topliss-reactive ketones (excluding diaryl/α,β-unsaturated/α-hetero) is 2. The van der Waals surface area contributed by atoms with E-state index in [0.717, 1.165) is 11.4 Å². The summed E-state index contributed by atoms with van der Waals surface area (Å²) in [6.07, 6.45) is 0.504. The minimum Gasteiger partial charge on any atom is -0.508 e. The van der Waals surface area contributed by atoms with Crippen LogP contribution >= 0.6 is 0 Å². The molecule has 10 heteroatoms. The van der Waals surface area contributed by atoms with Gasteiger partial charge >= 0.3 is 0 Å². The zero-order chi connectivity index (χ0) is 30.0. The second-order valence-electron chi connectivity index (χ2n) is 11.6. The van der Waals surface area contributed by atoms with E-state index >= 15 is 0 Å². The van der Waals surface area contributed by atoms with E-state index in [1.54, 1.807) is 25.9 Å². The van der Waals surface area contributed by atoms with Crippen molar-refractivity contribution in [2.45, 2.75) is 38.0 Å². The number of aromatic hydroxyl groups is 1. The molecule has 41 heavy (non-hydrogen) atoms. The van der Waals surface area contributed by atoms with Gasteiger partial charge in [0, 0.05) is 55.1 Å². The summed E-state index contributed by atoms with van der Waals surface area (Å²) in [6.45, 7) is 1.86. The summed E-state index contributed by atoms with van der Waals surface area (Å²) in [7, 11) is 7.23. The summed E-state index contributed by atoms with van der Waals surface area (Å²) in [4.78, 5) is 43.8. The van der Waals surface area contributed by atoms with Gasteiger partial charge in [-0.05, 0) is 69.1 Å². The SMILES string of the molecule is CC1=C(C(N)=O)C(=O)[C@@]2(O)C(O)=C3C(=O)c4c(O)c(CNc5ccccc5)cc(N(C)C)c4CC3C[C@H]2[C@@H]1N(C)C. The lowest BCUT2D eigenvalue weighted by Gasteiger charge is -2.51. The number of primary amides is 1. The molecule has 216 valence electrons. The molecule has 2 aromatic rings. The van der Waals surface area contributed by atoms with Crippen LogP contribution in [0.15, 0.2) is 58.9 Å². The highest BCUT2D eigenvalue weighted by Crippen LogP contribution is 2.53. The second kappa shape index (κ2) is 10.0. The molecular formula is C31H36N4O6. The molecule has 6 N–H and O–H groups in total. The van der Waals surface area contributed by atoms with Gasteiger partial charge in [0.2, 0.25) is 5.78 Å². The standard InChI is InChI=1S/C31H36N4O6/c1-15-22(30(32)40)28(38)31(41)20(25(15)35(4)5)12-16-11-19-21(34(2)3)13-17(14-33-18-9-7-6-8-10-18)26(36)24(19)27(37)23(16)29(31)39/h6-10,13,16,20,25,33,36,39,41H,11-12,14H2,1-5H3,(H2,32,40)/t16?,20-,25+,31+/m0/s1. The third-order valence-electron chi connectivity index (χ3n) is 8.82. The van der Waals surface area contributed by atoms with Crippen molar-refractivity contribution < 1.29 is 29.7 Å². The van der Waals surface area contributed by atoms with Crippen LogP contribution in [0.5, 0.6) is 5.75 Å². The zero-order valence-electron chi connectivity index (χ0n) is 23.9. The minimum atomic E-state index is -2.51. The Kier molecular flexibility index (Phi) is 6.95. The summed E-state index contributed by atoms with van der Waals surface area (Å²) in [6, 6.07) is 10.7. The van der Waals surface area contributed by atoms with Crippen molar-refractivity contribution >= 4 is 28.8 Å². The molecule has 0 saturated carbocycles. The Hall–Kier alpha value is -4.15. The summed E-state index contributed by atoms with van der Waals surface area (Å²) >= 11 is 0. The smallest absolute Gasteiger partial charge is 0.252 e. The van der Waals surface area contributed by atoms with Gasteiger partial charge in [0.25, 0.3) is 5.91 Å². The lowest BCUT2D eigenvalue weighted by molar-refractivity contribution is -0.146. The van der Waals surface area contributed by atoms with Gasteiger partial charge in [-0.3, -0.25) is 14.4 Å². The number of benzene rings is 2. The highest BCUT2D eigenvalue weighted by Gasteiger charge is 2.62. The average Bonchev–Trinajstić information content (AvgIpc) is 2.90. The van der Waals surface area contributed by atoms with Crippen LogP contribution in [0.1, 0.15) is 34.8 Å². The van der Waals surface area contributed by atoms with E-state index in [4.69, 9.17) is 5.73 Å².